The van der Waals surface area contributed by atoms with Crippen LogP contribution in [0, 0.1) is 25.5 Å². The molecule has 0 aliphatic carbocycles. The van der Waals surface area contributed by atoms with Crippen molar-refractivity contribution in [3.63, 3.8) is 0 Å². The third-order valence-corrected chi connectivity index (χ3v) is 5.58. The van der Waals surface area contributed by atoms with E-state index in [2.05, 4.69) is 10.2 Å². The summed E-state index contributed by atoms with van der Waals surface area (Å²) in [6, 6.07) is 3.91. The lowest BCUT2D eigenvalue weighted by molar-refractivity contribution is 0.0929. The minimum Gasteiger partial charge on any atom is -0.378 e. The van der Waals surface area contributed by atoms with Crippen LogP contribution in [0.2, 0.25) is 0 Å². The number of ether oxygens (including phenoxy) is 1. The summed E-state index contributed by atoms with van der Waals surface area (Å²) >= 11 is 0. The number of hydrogen-bond acceptors (Lipinski definition) is 3. The van der Waals surface area contributed by atoms with Crippen LogP contribution in [-0.4, -0.2) is 42.8 Å². The number of rotatable bonds is 6. The molecule has 2 aromatic rings. The number of nitrogens with one attached hydrogen (secondary N) is 1. The number of anilines is 1. The van der Waals surface area contributed by atoms with Crippen LogP contribution in [-0.2, 0) is 11.3 Å². The quantitative estimate of drug-likeness (QED) is 0.795. The molecule has 0 bridgehead atoms. The van der Waals surface area contributed by atoms with Gasteiger partial charge in [-0.3, -0.25) is 4.79 Å². The third-order valence-electron chi connectivity index (χ3n) is 5.58. The largest absolute Gasteiger partial charge is 0.378 e. The first kappa shape index (κ1) is 21.3. The molecule has 2 heterocycles. The number of halogens is 2. The molecule has 3 rings (SSSR count). The number of amides is 1. The van der Waals surface area contributed by atoms with Gasteiger partial charge in [0.1, 0.15) is 5.69 Å². The van der Waals surface area contributed by atoms with Gasteiger partial charge in [-0.1, -0.05) is 13.0 Å². The van der Waals surface area contributed by atoms with E-state index >= 15 is 0 Å². The van der Waals surface area contributed by atoms with Crippen molar-refractivity contribution in [2.45, 2.75) is 46.7 Å². The summed E-state index contributed by atoms with van der Waals surface area (Å²) in [5.74, 6) is -1.91. The highest BCUT2D eigenvalue weighted by atomic mass is 19.2. The number of carbonyl (C=O) groups is 1. The van der Waals surface area contributed by atoms with Gasteiger partial charge in [-0.2, -0.15) is 0 Å². The van der Waals surface area contributed by atoms with E-state index in [0.29, 0.717) is 24.5 Å². The Morgan fingerprint density at radius 1 is 1.21 bits per heavy atom. The van der Waals surface area contributed by atoms with E-state index in [1.54, 1.807) is 6.07 Å². The molecule has 1 amide bonds. The van der Waals surface area contributed by atoms with E-state index in [9.17, 15) is 13.6 Å². The summed E-state index contributed by atoms with van der Waals surface area (Å²) in [7, 11) is 0. The van der Waals surface area contributed by atoms with Gasteiger partial charge < -0.3 is 19.5 Å². The average molecular weight is 405 g/mol. The second kappa shape index (κ2) is 8.95. The molecule has 7 heteroatoms. The van der Waals surface area contributed by atoms with Crippen LogP contribution in [0.5, 0.6) is 0 Å². The minimum atomic E-state index is -0.886. The highest BCUT2D eigenvalue weighted by molar-refractivity contribution is 5.96. The monoisotopic (exact) mass is 405 g/mol. The maximum atomic E-state index is 13.7. The Morgan fingerprint density at radius 3 is 2.52 bits per heavy atom. The molecule has 1 saturated heterocycles. The van der Waals surface area contributed by atoms with Gasteiger partial charge in [-0.05, 0) is 44.9 Å². The normalized spacial score (nSPS) is 15.4. The lowest BCUT2D eigenvalue weighted by atomic mass is 10.1. The van der Waals surface area contributed by atoms with Gasteiger partial charge in [0.2, 0.25) is 0 Å². The second-order valence-corrected chi connectivity index (χ2v) is 7.62. The first-order valence-electron chi connectivity index (χ1n) is 10.1. The zero-order chi connectivity index (χ0) is 21.1. The number of aromatic nitrogens is 1. The fourth-order valence-electron chi connectivity index (χ4n) is 3.84. The molecule has 1 aliphatic heterocycles. The molecule has 29 heavy (non-hydrogen) atoms. The Bertz CT molecular complexity index is 889. The molecule has 1 N–H and O–H groups in total. The summed E-state index contributed by atoms with van der Waals surface area (Å²) in [6.45, 7) is 11.0. The van der Waals surface area contributed by atoms with E-state index in [0.717, 1.165) is 42.5 Å². The Kier molecular flexibility index (Phi) is 6.57. The van der Waals surface area contributed by atoms with E-state index in [-0.39, 0.29) is 18.5 Å². The smallest absolute Gasteiger partial charge is 0.268 e. The maximum Gasteiger partial charge on any atom is 0.268 e. The van der Waals surface area contributed by atoms with Crippen molar-refractivity contribution < 1.29 is 18.3 Å². The van der Waals surface area contributed by atoms with E-state index in [1.165, 1.54) is 6.07 Å². The molecule has 158 valence electrons. The van der Waals surface area contributed by atoms with Crippen molar-refractivity contribution in [2.24, 2.45) is 0 Å². The topological polar surface area (TPSA) is 46.5 Å². The van der Waals surface area contributed by atoms with Crippen LogP contribution in [0.1, 0.15) is 47.6 Å². The highest BCUT2D eigenvalue weighted by Crippen LogP contribution is 2.32. The van der Waals surface area contributed by atoms with Crippen molar-refractivity contribution in [1.29, 1.82) is 0 Å². The van der Waals surface area contributed by atoms with Crippen LogP contribution >= 0.6 is 0 Å². The summed E-state index contributed by atoms with van der Waals surface area (Å²) < 4.78 is 34.5. The second-order valence-electron chi connectivity index (χ2n) is 7.62. The van der Waals surface area contributed by atoms with E-state index in [4.69, 9.17) is 4.74 Å². The Hall–Kier alpha value is -2.41. The zero-order valence-electron chi connectivity index (χ0n) is 17.5. The fraction of sp³-hybridized carbons (Fsp3) is 0.500. The summed E-state index contributed by atoms with van der Waals surface area (Å²) in [5.41, 5.74) is 4.02. The van der Waals surface area contributed by atoms with Crippen molar-refractivity contribution in [1.82, 2.24) is 9.88 Å². The van der Waals surface area contributed by atoms with Gasteiger partial charge in [-0.15, -0.1) is 0 Å². The van der Waals surface area contributed by atoms with Crippen molar-refractivity contribution >= 4 is 11.6 Å². The van der Waals surface area contributed by atoms with Gasteiger partial charge >= 0.3 is 0 Å². The lowest BCUT2D eigenvalue weighted by Gasteiger charge is -2.29. The van der Waals surface area contributed by atoms with Crippen molar-refractivity contribution in [2.75, 3.05) is 31.2 Å². The number of carbonyl (C=O) groups excluding carboxylic acids is 1. The van der Waals surface area contributed by atoms with Crippen molar-refractivity contribution in [3.05, 3.63) is 52.3 Å². The molecule has 0 spiro atoms. The first-order chi connectivity index (χ1) is 13.8. The lowest BCUT2D eigenvalue weighted by Crippen LogP contribution is -2.37. The zero-order valence-corrected chi connectivity index (χ0v) is 17.5. The number of nitrogens with zero attached hydrogens (tertiary/aromatic N) is 2. The predicted molar refractivity (Wildman–Crippen MR) is 110 cm³/mol. The number of morpholine rings is 1. The van der Waals surface area contributed by atoms with Crippen LogP contribution in [0.4, 0.5) is 14.5 Å². The average Bonchev–Trinajstić information content (AvgIpc) is 2.95. The predicted octanol–water partition coefficient (Wildman–Crippen LogP) is 3.80. The fourth-order valence-corrected chi connectivity index (χ4v) is 3.84. The molecule has 0 saturated carbocycles. The van der Waals surface area contributed by atoms with Crippen LogP contribution in [0.15, 0.2) is 18.2 Å². The molecule has 1 atom stereocenters. The molecule has 1 aromatic carbocycles. The van der Waals surface area contributed by atoms with Gasteiger partial charge in [-0.25, -0.2) is 8.78 Å². The molecule has 0 unspecified atom stereocenters. The van der Waals surface area contributed by atoms with Crippen LogP contribution in [0.25, 0.3) is 0 Å². The molecule has 5 nitrogen and oxygen atoms in total. The van der Waals surface area contributed by atoms with E-state index < -0.39 is 11.6 Å². The van der Waals surface area contributed by atoms with Crippen molar-refractivity contribution in [3.8, 4) is 0 Å². The van der Waals surface area contributed by atoms with Gasteiger partial charge in [0.05, 0.1) is 18.9 Å². The molecule has 1 aromatic heterocycles. The summed E-state index contributed by atoms with van der Waals surface area (Å²) in [6.07, 6.45) is 0.823. The summed E-state index contributed by atoms with van der Waals surface area (Å²) in [5, 5.41) is 3.04. The maximum absolute atomic E-state index is 13.7. The number of benzene rings is 1. The first-order valence-corrected chi connectivity index (χ1v) is 10.1. The van der Waals surface area contributed by atoms with Gasteiger partial charge in [0.15, 0.2) is 11.6 Å². The van der Waals surface area contributed by atoms with Crippen LogP contribution < -0.4 is 10.2 Å². The molecular weight excluding hydrogens is 376 g/mol. The molecular formula is C22H29F2N3O2. The standard InChI is InChI=1S/C22H29F2N3O2/c1-5-14(2)25-22(28)21-15(3)20(26-8-10-29-11-9-26)16(4)27(21)13-17-6-7-18(23)19(24)12-17/h6-7,12,14H,5,8-11,13H2,1-4H3,(H,25,28)/t14-/m1/s1. The molecule has 1 fully saturated rings. The Labute approximate surface area is 170 Å². The highest BCUT2D eigenvalue weighted by Gasteiger charge is 2.27. The third kappa shape index (κ3) is 4.45. The van der Waals surface area contributed by atoms with E-state index in [1.807, 2.05) is 32.3 Å². The molecule has 1 aliphatic rings. The minimum absolute atomic E-state index is 0.0423. The van der Waals surface area contributed by atoms with Gasteiger partial charge in [0.25, 0.3) is 5.91 Å². The van der Waals surface area contributed by atoms with Gasteiger partial charge in [0, 0.05) is 36.9 Å². The Balaban J connectivity index is 2.05. The molecule has 0 radical (unpaired) electrons. The Morgan fingerprint density at radius 2 is 1.90 bits per heavy atom. The number of hydrogen-bond donors (Lipinski definition) is 1. The van der Waals surface area contributed by atoms with Crippen LogP contribution in [0.3, 0.4) is 0 Å². The summed E-state index contributed by atoms with van der Waals surface area (Å²) in [4.78, 5) is 15.3. The SMILES string of the molecule is CC[C@@H](C)NC(=O)c1c(C)c(N2CCOCC2)c(C)n1Cc1ccc(F)c(F)c1.